The normalized spacial score (nSPS) is 15.8. The summed E-state index contributed by atoms with van der Waals surface area (Å²) < 4.78 is 18.6. The summed E-state index contributed by atoms with van der Waals surface area (Å²) in [5.41, 5.74) is 2.89. The molecule has 5 aromatic rings. The number of ketones is 1. The zero-order chi connectivity index (χ0) is 32.5. The number of Topliss-reactive ketones (excluding diaryl/α,β-unsaturated/α-hetero) is 1. The molecule has 11 nitrogen and oxygen atoms in total. The Kier molecular flexibility index (Phi) is 8.29. The number of pyridine rings is 1. The number of amides is 1. The number of aliphatic hydroxyl groups is 1. The topological polar surface area (TPSA) is 133 Å². The molecule has 1 fully saturated rings. The molecule has 2 aromatic carbocycles. The second kappa shape index (κ2) is 12.5. The Bertz CT molecular complexity index is 2010. The van der Waals surface area contributed by atoms with E-state index in [1.165, 1.54) is 12.0 Å². The Balaban J connectivity index is 1.53. The van der Waals surface area contributed by atoms with Crippen molar-refractivity contribution in [2.75, 3.05) is 18.6 Å². The van der Waals surface area contributed by atoms with Crippen LogP contribution in [0.2, 0.25) is 0 Å². The number of benzene rings is 2. The van der Waals surface area contributed by atoms with Gasteiger partial charge in [-0.1, -0.05) is 53.8 Å². The number of imidazole rings is 1. The van der Waals surface area contributed by atoms with E-state index in [2.05, 4.69) is 9.97 Å². The van der Waals surface area contributed by atoms with Crippen LogP contribution in [0.1, 0.15) is 50.8 Å². The molecule has 1 saturated heterocycles. The van der Waals surface area contributed by atoms with Crippen LogP contribution >= 0.6 is 11.3 Å². The average molecular weight is 639 g/mol. The summed E-state index contributed by atoms with van der Waals surface area (Å²) in [5.74, 6) is -1.99. The van der Waals surface area contributed by atoms with E-state index in [4.69, 9.17) is 14.2 Å². The SMILES string of the molecule is CCOc1cc(C2/C(=C(\O)c3c(C)nc4ccccn34)C(=O)C(=O)N2c2nc(C)c(C(=O)OC)s2)ccc1OCc1ccccc1. The highest BCUT2D eigenvalue weighted by atomic mass is 32.1. The van der Waals surface area contributed by atoms with Crippen LogP contribution in [0.4, 0.5) is 5.13 Å². The summed E-state index contributed by atoms with van der Waals surface area (Å²) >= 11 is 0.923. The van der Waals surface area contributed by atoms with Crippen molar-refractivity contribution in [1.29, 1.82) is 0 Å². The Morgan fingerprint density at radius 3 is 2.46 bits per heavy atom. The highest BCUT2D eigenvalue weighted by molar-refractivity contribution is 7.17. The van der Waals surface area contributed by atoms with Gasteiger partial charge in [-0.3, -0.25) is 18.9 Å². The zero-order valence-corrected chi connectivity index (χ0v) is 26.3. The maximum absolute atomic E-state index is 13.9. The molecule has 6 rings (SSSR count). The number of thiazole rings is 1. The number of esters is 1. The lowest BCUT2D eigenvalue weighted by Gasteiger charge is -2.24. The minimum atomic E-state index is -1.13. The minimum Gasteiger partial charge on any atom is -0.505 e. The smallest absolute Gasteiger partial charge is 0.350 e. The molecule has 0 bridgehead atoms. The van der Waals surface area contributed by atoms with Gasteiger partial charge >= 0.3 is 11.9 Å². The van der Waals surface area contributed by atoms with E-state index >= 15 is 0 Å². The predicted molar refractivity (Wildman–Crippen MR) is 171 cm³/mol. The molecule has 1 atom stereocenters. The first-order chi connectivity index (χ1) is 22.2. The molecule has 12 heteroatoms. The number of aromatic nitrogens is 3. The number of ether oxygens (including phenoxy) is 3. The number of carbonyl (C=O) groups excluding carboxylic acids is 3. The number of anilines is 1. The van der Waals surface area contributed by atoms with Crippen LogP contribution in [0.5, 0.6) is 11.5 Å². The van der Waals surface area contributed by atoms with E-state index in [-0.39, 0.29) is 21.3 Å². The fourth-order valence-electron chi connectivity index (χ4n) is 5.46. The maximum atomic E-state index is 13.9. The van der Waals surface area contributed by atoms with E-state index < -0.39 is 29.5 Å². The number of rotatable bonds is 9. The molecule has 0 radical (unpaired) electrons. The van der Waals surface area contributed by atoms with Crippen molar-refractivity contribution in [3.8, 4) is 11.5 Å². The van der Waals surface area contributed by atoms with Gasteiger partial charge in [0, 0.05) is 6.20 Å². The van der Waals surface area contributed by atoms with Crippen LogP contribution in [0.15, 0.2) is 78.5 Å². The van der Waals surface area contributed by atoms with Crippen molar-refractivity contribution in [2.45, 2.75) is 33.4 Å². The lowest BCUT2D eigenvalue weighted by molar-refractivity contribution is -0.132. The van der Waals surface area contributed by atoms with Crippen molar-refractivity contribution in [3.63, 3.8) is 0 Å². The fraction of sp³-hybridized carbons (Fsp3) is 0.206. The van der Waals surface area contributed by atoms with Crippen molar-refractivity contribution in [1.82, 2.24) is 14.4 Å². The van der Waals surface area contributed by atoms with Crippen LogP contribution in [0.25, 0.3) is 11.4 Å². The molecule has 0 aliphatic carbocycles. The third kappa shape index (κ3) is 5.36. The second-order valence-electron chi connectivity index (χ2n) is 10.5. The van der Waals surface area contributed by atoms with E-state index in [1.54, 1.807) is 54.8 Å². The van der Waals surface area contributed by atoms with Gasteiger partial charge in [-0.15, -0.1) is 0 Å². The lowest BCUT2D eigenvalue weighted by Crippen LogP contribution is -2.29. The van der Waals surface area contributed by atoms with Gasteiger partial charge in [0.25, 0.3) is 5.78 Å². The van der Waals surface area contributed by atoms with Gasteiger partial charge in [-0.25, -0.2) is 14.8 Å². The van der Waals surface area contributed by atoms with Crippen LogP contribution in [-0.4, -0.2) is 50.9 Å². The lowest BCUT2D eigenvalue weighted by atomic mass is 9.96. The molecule has 1 amide bonds. The number of hydrogen-bond acceptors (Lipinski definition) is 10. The Hall–Kier alpha value is -5.49. The molecular formula is C34H30N4O7S. The predicted octanol–water partition coefficient (Wildman–Crippen LogP) is 5.80. The molecule has 46 heavy (non-hydrogen) atoms. The van der Waals surface area contributed by atoms with Crippen molar-refractivity contribution >= 4 is 45.5 Å². The van der Waals surface area contributed by atoms with Gasteiger partial charge in [-0.05, 0) is 56.2 Å². The van der Waals surface area contributed by atoms with Gasteiger partial charge < -0.3 is 19.3 Å². The van der Waals surface area contributed by atoms with Gasteiger partial charge in [0.05, 0.1) is 36.7 Å². The third-order valence-corrected chi connectivity index (χ3v) is 8.69. The van der Waals surface area contributed by atoms with Crippen LogP contribution in [0, 0.1) is 13.8 Å². The number of hydrogen-bond donors (Lipinski definition) is 1. The number of fused-ring (bicyclic) bond motifs is 1. The van der Waals surface area contributed by atoms with Gasteiger partial charge in [0.2, 0.25) is 0 Å². The monoisotopic (exact) mass is 638 g/mol. The molecule has 1 aliphatic rings. The third-order valence-electron chi connectivity index (χ3n) is 7.56. The highest BCUT2D eigenvalue weighted by Gasteiger charge is 2.49. The van der Waals surface area contributed by atoms with Gasteiger partial charge in [0.15, 0.2) is 22.4 Å². The number of carbonyl (C=O) groups is 3. The van der Waals surface area contributed by atoms with E-state index in [0.717, 1.165) is 16.9 Å². The number of nitrogens with zero attached hydrogens (tertiary/aromatic N) is 4. The van der Waals surface area contributed by atoms with E-state index in [0.29, 0.717) is 47.3 Å². The number of aryl methyl sites for hydroxylation is 2. The fourth-order valence-corrected chi connectivity index (χ4v) is 6.47. The van der Waals surface area contributed by atoms with E-state index in [1.807, 2.05) is 43.3 Å². The summed E-state index contributed by atoms with van der Waals surface area (Å²) in [5, 5.41) is 12.0. The molecule has 1 N–H and O–H groups in total. The first-order valence-corrected chi connectivity index (χ1v) is 15.3. The summed E-state index contributed by atoms with van der Waals surface area (Å²) in [4.78, 5) is 50.5. The first kappa shape index (κ1) is 30.5. The molecule has 4 heterocycles. The quantitative estimate of drug-likeness (QED) is 0.0921. The Morgan fingerprint density at radius 1 is 0.957 bits per heavy atom. The highest BCUT2D eigenvalue weighted by Crippen LogP contribution is 2.46. The number of aliphatic hydroxyl groups excluding tert-OH is 1. The molecule has 3 aromatic heterocycles. The van der Waals surface area contributed by atoms with Crippen molar-refractivity contribution in [3.05, 3.63) is 112 Å². The van der Waals surface area contributed by atoms with Crippen molar-refractivity contribution in [2.24, 2.45) is 0 Å². The van der Waals surface area contributed by atoms with Crippen molar-refractivity contribution < 1.29 is 33.7 Å². The molecule has 234 valence electrons. The largest absolute Gasteiger partial charge is 0.505 e. The summed E-state index contributed by atoms with van der Waals surface area (Å²) in [6.45, 7) is 5.78. The van der Waals surface area contributed by atoms with Crippen LogP contribution in [-0.2, 0) is 20.9 Å². The molecule has 0 saturated carbocycles. The summed E-state index contributed by atoms with van der Waals surface area (Å²) in [6, 6.07) is 19.0. The van der Waals surface area contributed by atoms with Gasteiger partial charge in [-0.2, -0.15) is 0 Å². The zero-order valence-electron chi connectivity index (χ0n) is 25.5. The molecule has 0 spiro atoms. The second-order valence-corrected chi connectivity index (χ2v) is 11.4. The molecule has 1 unspecified atom stereocenters. The molecule has 1 aliphatic heterocycles. The Labute approximate surface area is 268 Å². The first-order valence-electron chi connectivity index (χ1n) is 14.5. The average Bonchev–Trinajstić information content (AvgIpc) is 3.70. The van der Waals surface area contributed by atoms with Crippen LogP contribution in [0.3, 0.4) is 0 Å². The summed E-state index contributed by atoms with van der Waals surface area (Å²) in [6.07, 6.45) is 1.72. The standard InChI is InChI=1S/C34H30N4O7S/c1-5-44-24-17-22(14-15-23(24)45-18-21-11-7-6-8-12-21)28-26(29(39)27-19(2)35-25-13-9-10-16-37(25)27)30(40)32(41)38(28)34-36-20(3)31(46-34)33(42)43-4/h6-17,28,39H,5,18H2,1-4H3/b29-26+. The minimum absolute atomic E-state index is 0.0984. The summed E-state index contributed by atoms with van der Waals surface area (Å²) in [7, 11) is 1.25. The van der Waals surface area contributed by atoms with E-state index in [9.17, 15) is 19.5 Å². The maximum Gasteiger partial charge on any atom is 0.350 e. The molecular weight excluding hydrogens is 608 g/mol. The van der Waals surface area contributed by atoms with Crippen LogP contribution < -0.4 is 14.4 Å². The van der Waals surface area contributed by atoms with Gasteiger partial charge in [0.1, 0.15) is 22.8 Å². The Morgan fingerprint density at radius 2 is 1.72 bits per heavy atom. The number of methoxy groups -OCH3 is 1.